The zero-order valence-corrected chi connectivity index (χ0v) is 6.88. The zero-order valence-electron chi connectivity index (χ0n) is 6.88. The van der Waals surface area contributed by atoms with Crippen molar-refractivity contribution in [3.8, 4) is 5.75 Å². The van der Waals surface area contributed by atoms with Crippen LogP contribution in [-0.4, -0.2) is 11.6 Å². The number of ether oxygens (including phenoxy) is 1. The molecular weight excluding hydrogens is 157 g/mol. The lowest BCUT2D eigenvalue weighted by Gasteiger charge is -2.01. The summed E-state index contributed by atoms with van der Waals surface area (Å²) in [6, 6.07) is 1.40. The second-order valence-corrected chi connectivity index (χ2v) is 2.95. The van der Waals surface area contributed by atoms with Crippen LogP contribution in [0, 0.1) is 5.82 Å². The molecule has 2 rings (SSSR count). The molecule has 1 unspecified atom stereocenters. The van der Waals surface area contributed by atoms with Gasteiger partial charge in [-0.05, 0) is 6.42 Å². The third-order valence-corrected chi connectivity index (χ3v) is 2.17. The smallest absolute Gasteiger partial charge is 0.145 e. The molecule has 2 nitrogen and oxygen atoms in total. The predicted octanol–water partition coefficient (Wildman–Crippen LogP) is 2.11. The molecule has 1 aromatic heterocycles. The van der Waals surface area contributed by atoms with Gasteiger partial charge in [-0.2, -0.15) is 0 Å². The molecule has 0 spiro atoms. The average molecular weight is 167 g/mol. The first-order chi connectivity index (χ1) is 5.81. The highest BCUT2D eigenvalue weighted by atomic mass is 19.1. The number of fused-ring (bicyclic) bond motifs is 1. The molecule has 0 saturated heterocycles. The minimum Gasteiger partial charge on any atom is -0.491 e. The SMILES string of the molecule is CCC1COc2cc(F)cnc21. The van der Waals surface area contributed by atoms with Crippen LogP contribution in [0.1, 0.15) is 25.0 Å². The van der Waals surface area contributed by atoms with E-state index in [1.807, 2.05) is 0 Å². The summed E-state index contributed by atoms with van der Waals surface area (Å²) >= 11 is 0. The van der Waals surface area contributed by atoms with Crippen molar-refractivity contribution in [2.24, 2.45) is 0 Å². The molecule has 0 saturated carbocycles. The van der Waals surface area contributed by atoms with E-state index in [0.29, 0.717) is 18.3 Å². The maximum absolute atomic E-state index is 12.7. The van der Waals surface area contributed by atoms with Crippen molar-refractivity contribution in [1.82, 2.24) is 4.98 Å². The van der Waals surface area contributed by atoms with Gasteiger partial charge >= 0.3 is 0 Å². The van der Waals surface area contributed by atoms with Gasteiger partial charge in [-0.25, -0.2) is 4.39 Å². The molecule has 0 amide bonds. The molecule has 12 heavy (non-hydrogen) atoms. The van der Waals surface area contributed by atoms with Crippen molar-refractivity contribution in [1.29, 1.82) is 0 Å². The lowest BCUT2D eigenvalue weighted by atomic mass is 10.0. The van der Waals surface area contributed by atoms with Crippen LogP contribution in [0.3, 0.4) is 0 Å². The Hall–Kier alpha value is -1.12. The maximum atomic E-state index is 12.7. The first-order valence-corrected chi connectivity index (χ1v) is 4.09. The van der Waals surface area contributed by atoms with Gasteiger partial charge in [0, 0.05) is 12.0 Å². The Kier molecular flexibility index (Phi) is 1.71. The normalized spacial score (nSPS) is 20.3. The van der Waals surface area contributed by atoms with Gasteiger partial charge in [-0.15, -0.1) is 0 Å². The van der Waals surface area contributed by atoms with Crippen molar-refractivity contribution in [3.05, 3.63) is 23.8 Å². The van der Waals surface area contributed by atoms with Gasteiger partial charge in [-0.3, -0.25) is 4.98 Å². The molecule has 1 atom stereocenters. The molecular formula is C9H10FNO. The zero-order chi connectivity index (χ0) is 8.55. The van der Waals surface area contributed by atoms with Crippen LogP contribution in [0.25, 0.3) is 0 Å². The van der Waals surface area contributed by atoms with E-state index in [9.17, 15) is 4.39 Å². The van der Waals surface area contributed by atoms with Crippen LogP contribution in [-0.2, 0) is 0 Å². The van der Waals surface area contributed by atoms with Gasteiger partial charge in [0.05, 0.1) is 18.5 Å². The molecule has 1 aromatic rings. The minimum atomic E-state index is -0.328. The van der Waals surface area contributed by atoms with E-state index in [0.717, 1.165) is 12.1 Å². The van der Waals surface area contributed by atoms with Crippen molar-refractivity contribution >= 4 is 0 Å². The summed E-state index contributed by atoms with van der Waals surface area (Å²) in [5.74, 6) is 0.632. The van der Waals surface area contributed by atoms with Crippen molar-refractivity contribution < 1.29 is 9.13 Å². The molecule has 0 aromatic carbocycles. The fourth-order valence-corrected chi connectivity index (χ4v) is 1.43. The lowest BCUT2D eigenvalue weighted by Crippen LogP contribution is -1.99. The van der Waals surface area contributed by atoms with Gasteiger partial charge in [0.2, 0.25) is 0 Å². The average Bonchev–Trinajstić information content (AvgIpc) is 2.46. The summed E-state index contributed by atoms with van der Waals surface area (Å²) in [5, 5.41) is 0. The van der Waals surface area contributed by atoms with E-state index < -0.39 is 0 Å². The Morgan fingerprint density at radius 1 is 1.75 bits per heavy atom. The molecule has 0 fully saturated rings. The summed E-state index contributed by atoms with van der Waals surface area (Å²) in [6.07, 6.45) is 2.24. The Balaban J connectivity index is 2.40. The topological polar surface area (TPSA) is 22.1 Å². The van der Waals surface area contributed by atoms with Crippen LogP contribution < -0.4 is 4.74 Å². The monoisotopic (exact) mass is 167 g/mol. The predicted molar refractivity (Wildman–Crippen MR) is 42.7 cm³/mol. The number of hydrogen-bond acceptors (Lipinski definition) is 2. The van der Waals surface area contributed by atoms with Crippen LogP contribution in [0.15, 0.2) is 12.3 Å². The van der Waals surface area contributed by atoms with E-state index in [1.54, 1.807) is 0 Å². The largest absolute Gasteiger partial charge is 0.491 e. The molecule has 0 aliphatic carbocycles. The molecule has 0 N–H and O–H groups in total. The van der Waals surface area contributed by atoms with Gasteiger partial charge < -0.3 is 4.74 Å². The van der Waals surface area contributed by atoms with Crippen molar-refractivity contribution in [2.75, 3.05) is 6.61 Å². The number of hydrogen-bond donors (Lipinski definition) is 0. The Morgan fingerprint density at radius 3 is 3.33 bits per heavy atom. The number of pyridine rings is 1. The summed E-state index contributed by atoms with van der Waals surface area (Å²) in [5.41, 5.74) is 0.902. The maximum Gasteiger partial charge on any atom is 0.145 e. The highest BCUT2D eigenvalue weighted by Crippen LogP contribution is 2.33. The molecule has 1 aliphatic rings. The first kappa shape index (κ1) is 7.53. The lowest BCUT2D eigenvalue weighted by molar-refractivity contribution is 0.327. The van der Waals surface area contributed by atoms with E-state index in [4.69, 9.17) is 4.74 Å². The molecule has 1 aliphatic heterocycles. The van der Waals surface area contributed by atoms with Crippen LogP contribution in [0.5, 0.6) is 5.75 Å². The van der Waals surface area contributed by atoms with E-state index >= 15 is 0 Å². The first-order valence-electron chi connectivity index (χ1n) is 4.09. The van der Waals surface area contributed by atoms with Gasteiger partial charge in [0.1, 0.15) is 11.6 Å². The van der Waals surface area contributed by atoms with Gasteiger partial charge in [0.15, 0.2) is 0 Å². The Labute approximate surface area is 70.4 Å². The molecule has 2 heterocycles. The highest BCUT2D eigenvalue weighted by molar-refractivity contribution is 5.34. The number of halogens is 1. The van der Waals surface area contributed by atoms with Crippen molar-refractivity contribution in [3.63, 3.8) is 0 Å². The van der Waals surface area contributed by atoms with Gasteiger partial charge in [-0.1, -0.05) is 6.92 Å². The van der Waals surface area contributed by atoms with Crippen LogP contribution >= 0.6 is 0 Å². The summed E-state index contributed by atoms with van der Waals surface area (Å²) in [7, 11) is 0. The standard InChI is InChI=1S/C9H10FNO/c1-2-6-5-12-8-3-7(10)4-11-9(6)8/h3-4,6H,2,5H2,1H3. The number of nitrogens with zero attached hydrogens (tertiary/aromatic N) is 1. The number of aromatic nitrogens is 1. The summed E-state index contributed by atoms with van der Waals surface area (Å²) in [6.45, 7) is 2.72. The molecule has 0 radical (unpaired) electrons. The molecule has 64 valence electrons. The fourth-order valence-electron chi connectivity index (χ4n) is 1.43. The van der Waals surface area contributed by atoms with E-state index in [1.165, 1.54) is 12.3 Å². The quantitative estimate of drug-likeness (QED) is 0.639. The highest BCUT2D eigenvalue weighted by Gasteiger charge is 2.24. The molecule has 3 heteroatoms. The summed E-state index contributed by atoms with van der Waals surface area (Å²) < 4.78 is 17.9. The minimum absolute atomic E-state index is 0.328. The van der Waals surface area contributed by atoms with Crippen LogP contribution in [0.4, 0.5) is 4.39 Å². The van der Waals surface area contributed by atoms with E-state index in [-0.39, 0.29) is 5.82 Å². The van der Waals surface area contributed by atoms with Crippen LogP contribution in [0.2, 0.25) is 0 Å². The third-order valence-electron chi connectivity index (χ3n) is 2.17. The second kappa shape index (κ2) is 2.73. The van der Waals surface area contributed by atoms with Crippen molar-refractivity contribution in [2.45, 2.75) is 19.3 Å². The second-order valence-electron chi connectivity index (χ2n) is 2.95. The third kappa shape index (κ3) is 1.05. The van der Waals surface area contributed by atoms with E-state index in [2.05, 4.69) is 11.9 Å². The Bertz CT molecular complexity index is 301. The summed E-state index contributed by atoms with van der Waals surface area (Å²) in [4.78, 5) is 4.01. The Morgan fingerprint density at radius 2 is 2.58 bits per heavy atom. The van der Waals surface area contributed by atoms with Gasteiger partial charge in [0.25, 0.3) is 0 Å². The fraction of sp³-hybridized carbons (Fsp3) is 0.444. The number of rotatable bonds is 1. The molecule has 0 bridgehead atoms.